The van der Waals surface area contributed by atoms with Crippen molar-refractivity contribution in [1.82, 2.24) is 0 Å². The molecule has 0 spiro atoms. The van der Waals surface area contributed by atoms with E-state index >= 15 is 0 Å². The minimum atomic E-state index is -3.88. The first kappa shape index (κ1) is 17.3. The van der Waals surface area contributed by atoms with Crippen molar-refractivity contribution >= 4 is 37.6 Å². The number of hydrogen-bond donors (Lipinski definition) is 2. The van der Waals surface area contributed by atoms with Gasteiger partial charge in [0.1, 0.15) is 10.6 Å². The monoisotopic (exact) mass is 399 g/mol. The van der Waals surface area contributed by atoms with Gasteiger partial charge < -0.3 is 9.84 Å². The maximum absolute atomic E-state index is 12.5. The van der Waals surface area contributed by atoms with Crippen molar-refractivity contribution in [3.63, 3.8) is 0 Å². The Morgan fingerprint density at radius 3 is 2.35 bits per heavy atom. The third-order valence-electron chi connectivity index (χ3n) is 3.12. The number of nitrogens with one attached hydrogen (secondary N) is 1. The normalized spacial score (nSPS) is 11.1. The van der Waals surface area contributed by atoms with Gasteiger partial charge in [-0.1, -0.05) is 15.9 Å². The van der Waals surface area contributed by atoms with Gasteiger partial charge in [0.25, 0.3) is 10.0 Å². The summed E-state index contributed by atoms with van der Waals surface area (Å²) in [6.07, 6.45) is 0. The molecule has 0 saturated heterocycles. The number of anilines is 1. The summed E-state index contributed by atoms with van der Waals surface area (Å²) in [5.41, 5.74) is 1.17. The maximum atomic E-state index is 12.5. The van der Waals surface area contributed by atoms with Gasteiger partial charge in [-0.05, 0) is 48.9 Å². The summed E-state index contributed by atoms with van der Waals surface area (Å²) in [6.45, 7) is 1.82. The lowest BCUT2D eigenvalue weighted by molar-refractivity contribution is 0.0697. The van der Waals surface area contributed by atoms with Crippen LogP contribution in [-0.4, -0.2) is 26.6 Å². The molecule has 0 atom stereocenters. The van der Waals surface area contributed by atoms with E-state index in [1.807, 2.05) is 6.92 Å². The fourth-order valence-corrected chi connectivity index (χ4v) is 3.63. The second-order valence-corrected chi connectivity index (χ2v) is 7.25. The summed E-state index contributed by atoms with van der Waals surface area (Å²) in [5.74, 6) is -0.858. The molecule has 0 heterocycles. The van der Waals surface area contributed by atoms with Gasteiger partial charge in [-0.25, -0.2) is 13.2 Å². The summed E-state index contributed by atoms with van der Waals surface area (Å²) in [6, 6.07) is 8.49. The number of carboxylic acid groups (broad SMARTS) is 1. The van der Waals surface area contributed by atoms with Crippen LogP contribution in [0.2, 0.25) is 0 Å². The smallest absolute Gasteiger partial charge is 0.335 e. The fraction of sp³-hybridized carbons (Fsp3) is 0.133. The van der Waals surface area contributed by atoms with Gasteiger partial charge in [0.05, 0.1) is 12.7 Å². The number of ether oxygens (including phenoxy) is 1. The molecular weight excluding hydrogens is 386 g/mol. The maximum Gasteiger partial charge on any atom is 0.335 e. The Morgan fingerprint density at radius 2 is 1.83 bits per heavy atom. The van der Waals surface area contributed by atoms with Gasteiger partial charge in [-0.2, -0.15) is 0 Å². The topological polar surface area (TPSA) is 92.7 Å². The van der Waals surface area contributed by atoms with E-state index in [-0.39, 0.29) is 21.9 Å². The lowest BCUT2D eigenvalue weighted by Gasteiger charge is -2.13. The van der Waals surface area contributed by atoms with Crippen LogP contribution in [-0.2, 0) is 10.0 Å². The molecule has 0 radical (unpaired) electrons. The van der Waals surface area contributed by atoms with Crippen LogP contribution < -0.4 is 9.46 Å². The van der Waals surface area contributed by atoms with E-state index < -0.39 is 16.0 Å². The Balaban J connectivity index is 2.39. The molecule has 0 aliphatic carbocycles. The molecular formula is C15H14BrNO5S. The molecule has 2 N–H and O–H groups in total. The predicted octanol–water partition coefficient (Wildman–Crippen LogP) is 3.27. The van der Waals surface area contributed by atoms with Crippen LogP contribution in [0.1, 0.15) is 15.9 Å². The van der Waals surface area contributed by atoms with E-state index in [1.54, 1.807) is 6.07 Å². The highest BCUT2D eigenvalue weighted by Crippen LogP contribution is 2.31. The Kier molecular flexibility index (Phi) is 4.96. The highest BCUT2D eigenvalue weighted by atomic mass is 79.9. The first-order valence-electron chi connectivity index (χ1n) is 6.45. The number of benzene rings is 2. The van der Waals surface area contributed by atoms with Crippen LogP contribution in [0.3, 0.4) is 0 Å². The molecule has 6 nitrogen and oxygen atoms in total. The van der Waals surface area contributed by atoms with Crippen LogP contribution in [0.15, 0.2) is 45.8 Å². The zero-order valence-corrected chi connectivity index (χ0v) is 14.7. The molecule has 0 aliphatic heterocycles. The van der Waals surface area contributed by atoms with E-state index in [0.29, 0.717) is 4.47 Å². The van der Waals surface area contributed by atoms with E-state index in [4.69, 9.17) is 9.84 Å². The number of hydrogen-bond acceptors (Lipinski definition) is 4. The second-order valence-electron chi connectivity index (χ2n) is 4.74. The largest absolute Gasteiger partial charge is 0.495 e. The van der Waals surface area contributed by atoms with Gasteiger partial charge in [-0.15, -0.1) is 0 Å². The van der Waals surface area contributed by atoms with Gasteiger partial charge in [0.15, 0.2) is 0 Å². The van der Waals surface area contributed by atoms with Crippen LogP contribution in [0, 0.1) is 6.92 Å². The predicted molar refractivity (Wildman–Crippen MR) is 89.6 cm³/mol. The highest BCUT2D eigenvalue weighted by Gasteiger charge is 2.21. The van der Waals surface area contributed by atoms with Crippen molar-refractivity contribution in [3.8, 4) is 5.75 Å². The molecule has 122 valence electrons. The van der Waals surface area contributed by atoms with Crippen molar-refractivity contribution in [3.05, 3.63) is 52.0 Å². The summed E-state index contributed by atoms with van der Waals surface area (Å²) in [5, 5.41) is 8.85. The molecule has 0 fully saturated rings. The molecule has 0 amide bonds. The standard InChI is InChI=1S/C15H14BrNO5S/c1-9-7-13(22-2)14(8-12(9)16)23(20,21)17-11-5-3-10(4-6-11)15(18)19/h3-8,17H,1-2H3,(H,18,19). The number of carboxylic acids is 1. The highest BCUT2D eigenvalue weighted by molar-refractivity contribution is 9.10. The Bertz CT molecular complexity index is 847. The van der Waals surface area contributed by atoms with Crippen LogP contribution in [0.25, 0.3) is 0 Å². The number of rotatable bonds is 5. The van der Waals surface area contributed by atoms with Gasteiger partial charge in [-0.3, -0.25) is 4.72 Å². The molecule has 0 bridgehead atoms. The molecule has 23 heavy (non-hydrogen) atoms. The van der Waals surface area contributed by atoms with Crippen LogP contribution in [0.4, 0.5) is 5.69 Å². The lowest BCUT2D eigenvalue weighted by atomic mass is 10.2. The first-order valence-corrected chi connectivity index (χ1v) is 8.72. The average Bonchev–Trinajstić information content (AvgIpc) is 2.49. The molecule has 8 heteroatoms. The van der Waals surface area contributed by atoms with Crippen molar-refractivity contribution in [1.29, 1.82) is 0 Å². The summed E-state index contributed by atoms with van der Waals surface area (Å²) in [4.78, 5) is 10.8. The molecule has 2 aromatic rings. The van der Waals surface area contributed by atoms with Crippen molar-refractivity contribution < 1.29 is 23.1 Å². The molecule has 0 aromatic heterocycles. The summed E-state index contributed by atoms with van der Waals surface area (Å²) in [7, 11) is -2.49. The minimum Gasteiger partial charge on any atom is -0.495 e. The fourth-order valence-electron chi connectivity index (χ4n) is 1.90. The molecule has 2 aromatic carbocycles. The average molecular weight is 400 g/mol. The van der Waals surface area contributed by atoms with Crippen LogP contribution >= 0.6 is 15.9 Å². The number of aryl methyl sites for hydroxylation is 1. The van der Waals surface area contributed by atoms with E-state index in [9.17, 15) is 13.2 Å². The van der Waals surface area contributed by atoms with Gasteiger partial charge >= 0.3 is 5.97 Å². The zero-order valence-electron chi connectivity index (χ0n) is 12.3. The number of methoxy groups -OCH3 is 1. The van der Waals surface area contributed by atoms with Gasteiger partial charge in [0.2, 0.25) is 0 Å². The third kappa shape index (κ3) is 3.83. The zero-order chi connectivity index (χ0) is 17.2. The first-order chi connectivity index (χ1) is 10.7. The Hall–Kier alpha value is -2.06. The summed E-state index contributed by atoms with van der Waals surface area (Å²) < 4.78 is 33.2. The SMILES string of the molecule is COc1cc(C)c(Br)cc1S(=O)(=O)Nc1ccc(C(=O)O)cc1. The number of carbonyl (C=O) groups is 1. The minimum absolute atomic E-state index is 0.0141. The third-order valence-corrected chi connectivity index (χ3v) is 5.38. The Labute approximate surface area is 142 Å². The molecule has 2 rings (SSSR count). The van der Waals surface area contributed by atoms with Crippen molar-refractivity contribution in [2.45, 2.75) is 11.8 Å². The number of halogens is 1. The van der Waals surface area contributed by atoms with E-state index in [1.165, 1.54) is 37.4 Å². The second kappa shape index (κ2) is 6.59. The van der Waals surface area contributed by atoms with Crippen molar-refractivity contribution in [2.75, 3.05) is 11.8 Å². The number of sulfonamides is 1. The number of aromatic carboxylic acids is 1. The molecule has 0 saturated carbocycles. The van der Waals surface area contributed by atoms with Crippen LogP contribution in [0.5, 0.6) is 5.75 Å². The quantitative estimate of drug-likeness (QED) is 0.804. The van der Waals surface area contributed by atoms with Crippen molar-refractivity contribution in [2.24, 2.45) is 0 Å². The Morgan fingerprint density at radius 1 is 1.22 bits per heavy atom. The van der Waals surface area contributed by atoms with Gasteiger partial charge in [0, 0.05) is 10.2 Å². The molecule has 0 unspecified atom stereocenters. The molecule has 0 aliphatic rings. The lowest BCUT2D eigenvalue weighted by Crippen LogP contribution is -2.14. The van der Waals surface area contributed by atoms with E-state index in [2.05, 4.69) is 20.7 Å². The summed E-state index contributed by atoms with van der Waals surface area (Å²) >= 11 is 3.30. The van der Waals surface area contributed by atoms with E-state index in [0.717, 1.165) is 5.56 Å².